The second-order valence-electron chi connectivity index (χ2n) is 4.58. The predicted molar refractivity (Wildman–Crippen MR) is 65.4 cm³/mol. The van der Waals surface area contributed by atoms with Crippen LogP contribution in [0.5, 0.6) is 0 Å². The lowest BCUT2D eigenvalue weighted by Gasteiger charge is -2.28. The minimum atomic E-state index is -0.147. The van der Waals surface area contributed by atoms with Gasteiger partial charge in [-0.1, -0.05) is 18.5 Å². The molecule has 1 atom stereocenters. The van der Waals surface area contributed by atoms with Crippen LogP contribution in [0.2, 0.25) is 5.02 Å². The average molecular weight is 242 g/mol. The van der Waals surface area contributed by atoms with Crippen molar-refractivity contribution in [2.45, 2.75) is 38.1 Å². The highest BCUT2D eigenvalue weighted by molar-refractivity contribution is 6.30. The monoisotopic (exact) mass is 241 g/mol. The number of hydrogen-bond donors (Lipinski definition) is 1. The van der Waals surface area contributed by atoms with Gasteiger partial charge in [-0.05, 0) is 56.0 Å². The Morgan fingerprint density at radius 2 is 2.31 bits per heavy atom. The molecule has 1 N–H and O–H groups in total. The van der Waals surface area contributed by atoms with Crippen molar-refractivity contribution in [1.82, 2.24) is 5.32 Å². The Labute approximate surface area is 101 Å². The number of rotatable bonds is 3. The van der Waals surface area contributed by atoms with Crippen LogP contribution < -0.4 is 5.32 Å². The van der Waals surface area contributed by atoms with Crippen LogP contribution >= 0.6 is 11.6 Å². The summed E-state index contributed by atoms with van der Waals surface area (Å²) < 4.78 is 13.6. The quantitative estimate of drug-likeness (QED) is 0.854. The van der Waals surface area contributed by atoms with Gasteiger partial charge in [0.2, 0.25) is 0 Å². The third kappa shape index (κ3) is 2.38. The maximum atomic E-state index is 13.6. The molecule has 0 amide bonds. The maximum Gasteiger partial charge on any atom is 0.126 e. The Hall–Kier alpha value is -0.600. The molecule has 0 aromatic heterocycles. The molecule has 1 aliphatic rings. The van der Waals surface area contributed by atoms with E-state index in [9.17, 15) is 4.39 Å². The summed E-state index contributed by atoms with van der Waals surface area (Å²) in [6.45, 7) is 3.19. The molecule has 1 aliphatic heterocycles. The second kappa shape index (κ2) is 4.72. The number of hydrogen-bond acceptors (Lipinski definition) is 1. The zero-order valence-corrected chi connectivity index (χ0v) is 10.3. The largest absolute Gasteiger partial charge is 0.311 e. The van der Waals surface area contributed by atoms with E-state index in [-0.39, 0.29) is 11.4 Å². The molecule has 0 bridgehead atoms. The first-order chi connectivity index (χ1) is 7.65. The first kappa shape index (κ1) is 11.9. The lowest BCUT2D eigenvalue weighted by molar-refractivity contribution is 0.355. The van der Waals surface area contributed by atoms with E-state index in [0.717, 1.165) is 31.4 Å². The number of nitrogens with one attached hydrogen (secondary N) is 1. The highest BCUT2D eigenvalue weighted by Gasteiger charge is 2.32. The third-order valence-corrected chi connectivity index (χ3v) is 3.78. The van der Waals surface area contributed by atoms with Crippen LogP contribution in [0.15, 0.2) is 18.2 Å². The molecule has 0 radical (unpaired) electrons. The van der Waals surface area contributed by atoms with Gasteiger partial charge in [-0.25, -0.2) is 4.39 Å². The van der Waals surface area contributed by atoms with Crippen molar-refractivity contribution in [1.29, 1.82) is 0 Å². The van der Waals surface area contributed by atoms with Crippen LogP contribution in [0, 0.1) is 5.82 Å². The van der Waals surface area contributed by atoms with Crippen LogP contribution in [0.1, 0.15) is 31.7 Å². The van der Waals surface area contributed by atoms with Gasteiger partial charge in [0.05, 0.1) is 0 Å². The summed E-state index contributed by atoms with van der Waals surface area (Å²) in [6.07, 6.45) is 4.06. The molecule has 0 saturated carbocycles. The zero-order chi connectivity index (χ0) is 11.6. The molecule has 0 spiro atoms. The van der Waals surface area contributed by atoms with Gasteiger partial charge in [-0.2, -0.15) is 0 Å². The molecule has 1 saturated heterocycles. The molecule has 16 heavy (non-hydrogen) atoms. The number of benzene rings is 1. The van der Waals surface area contributed by atoms with Crippen molar-refractivity contribution in [3.05, 3.63) is 34.6 Å². The van der Waals surface area contributed by atoms with Crippen LogP contribution in [0.4, 0.5) is 4.39 Å². The van der Waals surface area contributed by atoms with E-state index >= 15 is 0 Å². The Bertz CT molecular complexity index is 372. The standard InChI is InChI=1S/C13H17ClFN/c1-2-13(6-3-7-16-13)9-10-8-11(14)4-5-12(10)15/h4-5,8,16H,2-3,6-7,9H2,1H3. The van der Waals surface area contributed by atoms with Crippen LogP contribution in [0.3, 0.4) is 0 Å². The zero-order valence-electron chi connectivity index (χ0n) is 9.52. The van der Waals surface area contributed by atoms with Gasteiger partial charge < -0.3 is 5.32 Å². The molecule has 88 valence electrons. The van der Waals surface area contributed by atoms with Crippen molar-refractivity contribution in [2.24, 2.45) is 0 Å². The SMILES string of the molecule is CCC1(Cc2cc(Cl)ccc2F)CCCN1. The van der Waals surface area contributed by atoms with E-state index < -0.39 is 0 Å². The molecule has 0 aliphatic carbocycles. The summed E-state index contributed by atoms with van der Waals surface area (Å²) in [4.78, 5) is 0. The van der Waals surface area contributed by atoms with E-state index in [1.807, 2.05) is 0 Å². The summed E-state index contributed by atoms with van der Waals surface area (Å²) in [5.74, 6) is -0.147. The van der Waals surface area contributed by atoms with Crippen LogP contribution in [-0.4, -0.2) is 12.1 Å². The van der Waals surface area contributed by atoms with Gasteiger partial charge in [-0.3, -0.25) is 0 Å². The molecule has 1 heterocycles. The van der Waals surface area contributed by atoms with Gasteiger partial charge in [0.1, 0.15) is 5.82 Å². The fourth-order valence-corrected chi connectivity index (χ4v) is 2.68. The van der Waals surface area contributed by atoms with Crippen LogP contribution in [-0.2, 0) is 6.42 Å². The van der Waals surface area contributed by atoms with E-state index in [1.54, 1.807) is 12.1 Å². The molecule has 3 heteroatoms. The van der Waals surface area contributed by atoms with Gasteiger partial charge in [0.15, 0.2) is 0 Å². The van der Waals surface area contributed by atoms with Gasteiger partial charge in [0.25, 0.3) is 0 Å². The van der Waals surface area contributed by atoms with Crippen molar-refractivity contribution < 1.29 is 4.39 Å². The summed E-state index contributed by atoms with van der Waals surface area (Å²) in [6, 6.07) is 4.80. The molecule has 1 unspecified atom stereocenters. The highest BCUT2D eigenvalue weighted by Crippen LogP contribution is 2.29. The second-order valence-corrected chi connectivity index (χ2v) is 5.01. The molecule has 2 rings (SSSR count). The predicted octanol–water partition coefficient (Wildman–Crippen LogP) is 3.55. The fraction of sp³-hybridized carbons (Fsp3) is 0.538. The smallest absolute Gasteiger partial charge is 0.126 e. The highest BCUT2D eigenvalue weighted by atomic mass is 35.5. The Balaban J connectivity index is 2.21. The molecular formula is C13H17ClFN. The number of halogens is 2. The maximum absolute atomic E-state index is 13.6. The molecule has 1 aromatic carbocycles. The van der Waals surface area contributed by atoms with E-state index in [4.69, 9.17) is 11.6 Å². The normalized spacial score (nSPS) is 24.9. The van der Waals surface area contributed by atoms with Crippen molar-refractivity contribution >= 4 is 11.6 Å². The average Bonchev–Trinajstić information content (AvgIpc) is 2.73. The lowest BCUT2D eigenvalue weighted by Crippen LogP contribution is -2.41. The minimum absolute atomic E-state index is 0.0749. The van der Waals surface area contributed by atoms with Gasteiger partial charge in [0, 0.05) is 10.6 Å². The fourth-order valence-electron chi connectivity index (χ4n) is 2.49. The molecular weight excluding hydrogens is 225 g/mol. The van der Waals surface area contributed by atoms with Gasteiger partial charge >= 0.3 is 0 Å². The summed E-state index contributed by atoms with van der Waals surface area (Å²) >= 11 is 5.90. The Morgan fingerprint density at radius 3 is 2.94 bits per heavy atom. The summed E-state index contributed by atoms with van der Waals surface area (Å²) in [5, 5.41) is 4.12. The van der Waals surface area contributed by atoms with E-state index in [0.29, 0.717) is 5.02 Å². The summed E-state index contributed by atoms with van der Waals surface area (Å²) in [5.41, 5.74) is 0.801. The Kier molecular flexibility index (Phi) is 3.50. The van der Waals surface area contributed by atoms with Gasteiger partial charge in [-0.15, -0.1) is 0 Å². The van der Waals surface area contributed by atoms with E-state index in [1.165, 1.54) is 12.5 Å². The summed E-state index contributed by atoms with van der Waals surface area (Å²) in [7, 11) is 0. The van der Waals surface area contributed by atoms with Crippen molar-refractivity contribution in [2.75, 3.05) is 6.54 Å². The molecule has 1 aromatic rings. The third-order valence-electron chi connectivity index (χ3n) is 3.55. The lowest BCUT2D eigenvalue weighted by atomic mass is 9.87. The van der Waals surface area contributed by atoms with Crippen molar-refractivity contribution in [3.8, 4) is 0 Å². The van der Waals surface area contributed by atoms with Crippen LogP contribution in [0.25, 0.3) is 0 Å². The molecule has 1 nitrogen and oxygen atoms in total. The first-order valence-corrected chi connectivity index (χ1v) is 6.22. The van der Waals surface area contributed by atoms with Crippen molar-refractivity contribution in [3.63, 3.8) is 0 Å². The molecule has 1 fully saturated rings. The topological polar surface area (TPSA) is 12.0 Å². The first-order valence-electron chi connectivity index (χ1n) is 5.84. The minimum Gasteiger partial charge on any atom is -0.311 e. The Morgan fingerprint density at radius 1 is 1.50 bits per heavy atom. The van der Waals surface area contributed by atoms with E-state index in [2.05, 4.69) is 12.2 Å².